The van der Waals surface area contributed by atoms with Crippen LogP contribution in [0.4, 0.5) is 0 Å². The molecule has 0 spiro atoms. The van der Waals surface area contributed by atoms with Crippen LogP contribution in [-0.4, -0.2) is 8.41 Å². The second kappa shape index (κ2) is 13.5. The van der Waals surface area contributed by atoms with E-state index in [0.29, 0.717) is 0 Å². The fourth-order valence-electron chi connectivity index (χ4n) is 8.71. The first-order chi connectivity index (χ1) is 23.3. The van der Waals surface area contributed by atoms with Gasteiger partial charge in [-0.05, 0) is 0 Å². The molecule has 0 saturated carbocycles. The van der Waals surface area contributed by atoms with E-state index in [4.69, 9.17) is 0 Å². The molecule has 0 amide bonds. The number of hydrogen-bond acceptors (Lipinski definition) is 0. The molecule has 0 radical (unpaired) electrons. The third-order valence-corrected chi connectivity index (χ3v) is 13.7. The number of allylic oxidation sites excluding steroid dienone is 1. The largest absolute Gasteiger partial charge is 1.00 e. The molecule has 0 saturated heterocycles. The standard InChI is InChI=1S/C47H45Si.2ClH.Zr/c1-28-23-38-36(39-25-29-15-10-11-16-32(29)34-17-12-13-18-35(34)39)19-14-20-37(38)43(28)44-41-26-30-24-31(46(2,3)4)21-22-33(30)40(41)27-42(48(8)9)45(44)47(5,6)7;;;/h10-25,27,43H,1-9H3;2*1H;/q;;;+2/p-2. The fraction of sp³-hybridized carbons (Fsp3) is 0.255. The third-order valence-electron chi connectivity index (χ3n) is 11.0. The minimum Gasteiger partial charge on any atom is -1.00 e. The summed E-state index contributed by atoms with van der Waals surface area (Å²) in [6, 6.07) is 37.3. The maximum Gasteiger partial charge on any atom is -1.00 e. The zero-order valence-corrected chi connectivity index (χ0v) is 36.1. The summed E-state index contributed by atoms with van der Waals surface area (Å²) in [6.07, 6.45) is 2.52. The van der Waals surface area contributed by atoms with Crippen LogP contribution < -0.4 is 30.0 Å². The summed E-state index contributed by atoms with van der Waals surface area (Å²) in [4.78, 5) is 1.60. The van der Waals surface area contributed by atoms with Gasteiger partial charge in [0.1, 0.15) is 0 Å². The van der Waals surface area contributed by atoms with Gasteiger partial charge in [0.15, 0.2) is 0 Å². The zero-order valence-electron chi connectivity index (χ0n) is 31.1. The molecule has 0 fully saturated rings. The van der Waals surface area contributed by atoms with Gasteiger partial charge >= 0.3 is 305 Å². The normalized spacial score (nSPS) is 14.8. The molecular formula is C47H45Cl2SiZr. The number of fused-ring (bicyclic) bond motifs is 7. The Bertz CT molecular complexity index is 2560. The predicted molar refractivity (Wildman–Crippen MR) is 210 cm³/mol. The summed E-state index contributed by atoms with van der Waals surface area (Å²) in [6.45, 7) is 21.7. The van der Waals surface area contributed by atoms with E-state index in [0.717, 1.165) is 0 Å². The van der Waals surface area contributed by atoms with Crippen molar-refractivity contribution in [2.24, 2.45) is 0 Å². The summed E-state index contributed by atoms with van der Waals surface area (Å²) in [7, 11) is -0.757. The Labute approximate surface area is 333 Å². The maximum atomic E-state index is 2.62. The summed E-state index contributed by atoms with van der Waals surface area (Å²) in [5.41, 5.74) is 16.0. The monoisotopic (exact) mass is 797 g/mol. The first-order valence-corrected chi connectivity index (χ1v) is 21.5. The minimum absolute atomic E-state index is 0. The van der Waals surface area contributed by atoms with Crippen molar-refractivity contribution >= 4 is 39.3 Å². The van der Waals surface area contributed by atoms with Gasteiger partial charge in [0.2, 0.25) is 0 Å². The molecular weight excluding hydrogens is 755 g/mol. The summed E-state index contributed by atoms with van der Waals surface area (Å²) in [5.74, 6) is 0.220. The molecule has 255 valence electrons. The molecule has 0 N–H and O–H groups in total. The number of hydrogen-bond donors (Lipinski definition) is 0. The van der Waals surface area contributed by atoms with E-state index in [2.05, 4.69) is 165 Å². The van der Waals surface area contributed by atoms with Gasteiger partial charge in [-0.3, -0.25) is 0 Å². The van der Waals surface area contributed by atoms with Gasteiger partial charge < -0.3 is 24.8 Å². The van der Waals surface area contributed by atoms with Crippen molar-refractivity contribution in [2.45, 2.75) is 78.3 Å². The molecule has 4 heteroatoms. The molecule has 51 heavy (non-hydrogen) atoms. The summed E-state index contributed by atoms with van der Waals surface area (Å²) in [5, 5.41) is 6.78. The van der Waals surface area contributed by atoms with Crippen molar-refractivity contribution in [1.29, 1.82) is 0 Å². The van der Waals surface area contributed by atoms with E-state index in [1.54, 1.807) is 15.9 Å². The predicted octanol–water partition coefficient (Wildman–Crippen LogP) is 6.08. The van der Waals surface area contributed by atoms with Crippen LogP contribution in [0.1, 0.15) is 87.8 Å². The molecule has 0 bridgehead atoms. The second-order valence-corrected chi connectivity index (χ2v) is 20.4. The number of rotatable bonds is 2. The van der Waals surface area contributed by atoms with Crippen molar-refractivity contribution in [3.8, 4) is 22.3 Å². The minimum atomic E-state index is -0.757. The van der Waals surface area contributed by atoms with Crippen molar-refractivity contribution in [1.82, 2.24) is 0 Å². The van der Waals surface area contributed by atoms with Gasteiger partial charge in [0.05, 0.1) is 0 Å². The summed E-state index contributed by atoms with van der Waals surface area (Å²) >= 11 is 1.49. The van der Waals surface area contributed by atoms with Gasteiger partial charge in [-0.15, -0.1) is 0 Å². The molecule has 8 rings (SSSR count). The van der Waals surface area contributed by atoms with Crippen molar-refractivity contribution in [3.05, 3.63) is 146 Å². The Hall–Kier alpha value is -2.87. The van der Waals surface area contributed by atoms with Crippen molar-refractivity contribution in [2.75, 3.05) is 0 Å². The van der Waals surface area contributed by atoms with E-state index in [-0.39, 0.29) is 41.6 Å². The molecule has 6 aromatic carbocycles. The van der Waals surface area contributed by atoms with Crippen LogP contribution in [-0.2, 0) is 35.5 Å². The SMILES string of the molecule is CC1=Cc2c(-c3cc4ccccc4c4ccccc34)cccc2C1c1c(C(C)(C)C)c(=[Si](C)C)cc2c1=[C]([Zr+2])c1cc(C(C)(C)C)ccc1-2.[Cl-].[Cl-]. The molecule has 0 aromatic heterocycles. The second-order valence-electron chi connectivity index (χ2n) is 16.6. The topological polar surface area (TPSA) is 0 Å². The van der Waals surface area contributed by atoms with Crippen LogP contribution in [0.2, 0.25) is 13.1 Å². The molecule has 2 aliphatic rings. The van der Waals surface area contributed by atoms with Crippen LogP contribution in [0.5, 0.6) is 0 Å². The Morgan fingerprint density at radius 3 is 1.94 bits per heavy atom. The Kier molecular flexibility index (Phi) is 10.0. The Morgan fingerprint density at radius 2 is 1.27 bits per heavy atom. The smallest absolute Gasteiger partial charge is 1.00 e. The number of halogens is 2. The zero-order chi connectivity index (χ0) is 34.6. The molecule has 2 aliphatic carbocycles. The first-order valence-electron chi connectivity index (χ1n) is 17.7. The van der Waals surface area contributed by atoms with E-state index >= 15 is 0 Å². The molecule has 6 aromatic rings. The fourth-order valence-corrected chi connectivity index (χ4v) is 11.3. The average Bonchev–Trinajstić information content (AvgIpc) is 3.55. The quantitative estimate of drug-likeness (QED) is 0.147. The van der Waals surface area contributed by atoms with Gasteiger partial charge in [-0.1, -0.05) is 6.07 Å². The summed E-state index contributed by atoms with van der Waals surface area (Å²) < 4.78 is 1.52. The molecule has 1 unspecified atom stereocenters. The Balaban J connectivity index is 0.00000224. The van der Waals surface area contributed by atoms with Crippen molar-refractivity contribution in [3.63, 3.8) is 0 Å². The Morgan fingerprint density at radius 1 is 0.608 bits per heavy atom. The van der Waals surface area contributed by atoms with Crippen LogP contribution in [0, 0.1) is 4.81 Å². The average molecular weight is 800 g/mol. The number of benzene rings is 6. The van der Waals surface area contributed by atoms with Crippen molar-refractivity contribution < 1.29 is 49.5 Å². The van der Waals surface area contributed by atoms with Gasteiger partial charge in [0, 0.05) is 0 Å². The molecule has 0 nitrogen and oxygen atoms in total. The van der Waals surface area contributed by atoms with Gasteiger partial charge in [0.25, 0.3) is 0 Å². The molecule has 0 aliphatic heterocycles. The first kappa shape index (κ1) is 37.9. The van der Waals surface area contributed by atoms with Crippen LogP contribution in [0.25, 0.3) is 53.2 Å². The van der Waals surface area contributed by atoms with Gasteiger partial charge in [-0.2, -0.15) is 0 Å². The van der Waals surface area contributed by atoms with Crippen LogP contribution >= 0.6 is 0 Å². The van der Waals surface area contributed by atoms with Gasteiger partial charge in [-0.25, -0.2) is 0 Å². The molecule has 1 atom stereocenters. The van der Waals surface area contributed by atoms with Crippen LogP contribution in [0.3, 0.4) is 0 Å². The maximum absolute atomic E-state index is 2.62. The molecule has 0 heterocycles. The van der Waals surface area contributed by atoms with E-state index in [1.165, 1.54) is 105 Å². The van der Waals surface area contributed by atoms with E-state index < -0.39 is 8.41 Å². The van der Waals surface area contributed by atoms with Crippen LogP contribution in [0.15, 0.2) is 103 Å². The van der Waals surface area contributed by atoms with E-state index in [9.17, 15) is 0 Å². The third kappa shape index (κ3) is 6.03. The van der Waals surface area contributed by atoms with E-state index in [1.807, 2.05) is 0 Å².